The minimum absolute atomic E-state index is 0.0371. The zero-order valence-electron chi connectivity index (χ0n) is 13.2. The van der Waals surface area contributed by atoms with Crippen LogP contribution in [0.2, 0.25) is 5.02 Å². The molecule has 0 spiro atoms. The van der Waals surface area contributed by atoms with E-state index < -0.39 is 10.0 Å². The third-order valence-electron chi connectivity index (χ3n) is 3.26. The summed E-state index contributed by atoms with van der Waals surface area (Å²) in [6.45, 7) is 0.556. The highest BCUT2D eigenvalue weighted by Crippen LogP contribution is 2.15. The van der Waals surface area contributed by atoms with Crippen molar-refractivity contribution in [2.75, 3.05) is 20.2 Å². The molecule has 0 aliphatic heterocycles. The molecular weight excluding hydrogens is 354 g/mol. The lowest BCUT2D eigenvalue weighted by Gasteiger charge is -2.08. The normalized spacial score (nSPS) is 11.3. The number of aromatic nitrogens is 1. The molecule has 0 aliphatic rings. The Morgan fingerprint density at radius 1 is 1.29 bits per heavy atom. The Hall–Kier alpha value is -2.03. The molecule has 0 aliphatic carbocycles. The number of rotatable bonds is 7. The maximum atomic E-state index is 12.1. The van der Waals surface area contributed by atoms with Crippen LogP contribution in [0.4, 0.5) is 0 Å². The topological polar surface area (TPSA) is 89.4 Å². The summed E-state index contributed by atoms with van der Waals surface area (Å²) in [6.07, 6.45) is 1.38. The lowest BCUT2D eigenvalue weighted by Crippen LogP contribution is -2.29. The molecule has 2 N–H and O–H groups in total. The molecule has 7 nitrogen and oxygen atoms in total. The summed E-state index contributed by atoms with van der Waals surface area (Å²) in [5.41, 5.74) is 0.246. The van der Waals surface area contributed by atoms with Gasteiger partial charge in [-0.05, 0) is 37.4 Å². The molecule has 0 bridgehead atoms. The van der Waals surface area contributed by atoms with Crippen LogP contribution in [-0.4, -0.2) is 39.1 Å². The standard InChI is InChI=1S/C15H18ClN3O4S/c1-17-24(21,22)13-9-14(19(2)10-13)15(20)18-7-8-23-12-5-3-11(16)4-6-12/h3-6,9-10,17H,7-8H2,1-2H3,(H,18,20). The molecule has 24 heavy (non-hydrogen) atoms. The lowest BCUT2D eigenvalue weighted by atomic mass is 10.3. The average Bonchev–Trinajstić information content (AvgIpc) is 2.96. The lowest BCUT2D eigenvalue weighted by molar-refractivity contribution is 0.0939. The van der Waals surface area contributed by atoms with Gasteiger partial charge in [0, 0.05) is 18.3 Å². The molecular formula is C15H18ClN3O4S. The fourth-order valence-electron chi connectivity index (χ4n) is 1.98. The van der Waals surface area contributed by atoms with Crippen molar-refractivity contribution in [3.63, 3.8) is 0 Å². The minimum atomic E-state index is -3.58. The van der Waals surface area contributed by atoms with Crippen molar-refractivity contribution in [2.45, 2.75) is 4.90 Å². The first-order valence-corrected chi connectivity index (χ1v) is 8.96. The number of sulfonamides is 1. The van der Waals surface area contributed by atoms with E-state index in [1.807, 2.05) is 0 Å². The van der Waals surface area contributed by atoms with Crippen LogP contribution in [0.25, 0.3) is 0 Å². The van der Waals surface area contributed by atoms with Crippen LogP contribution < -0.4 is 14.8 Å². The Balaban J connectivity index is 1.90. The number of amides is 1. The van der Waals surface area contributed by atoms with Crippen LogP contribution in [0.15, 0.2) is 41.4 Å². The van der Waals surface area contributed by atoms with Crippen LogP contribution in [0, 0.1) is 0 Å². The van der Waals surface area contributed by atoms with Crippen LogP contribution in [0.3, 0.4) is 0 Å². The van der Waals surface area contributed by atoms with E-state index in [2.05, 4.69) is 10.0 Å². The number of carbonyl (C=O) groups excluding carboxylic acids is 1. The number of nitrogens with zero attached hydrogens (tertiary/aromatic N) is 1. The SMILES string of the molecule is CNS(=O)(=O)c1cc(C(=O)NCCOc2ccc(Cl)cc2)n(C)c1. The molecule has 1 aromatic carbocycles. The smallest absolute Gasteiger partial charge is 0.268 e. The highest BCUT2D eigenvalue weighted by atomic mass is 35.5. The first-order chi connectivity index (χ1) is 11.3. The van der Waals surface area contributed by atoms with Crippen LogP contribution in [0.1, 0.15) is 10.5 Å². The van der Waals surface area contributed by atoms with Gasteiger partial charge in [0.1, 0.15) is 22.9 Å². The molecule has 0 radical (unpaired) electrons. The van der Waals surface area contributed by atoms with Gasteiger partial charge in [-0.3, -0.25) is 4.79 Å². The van der Waals surface area contributed by atoms with E-state index in [1.165, 1.54) is 23.9 Å². The van der Waals surface area contributed by atoms with Crippen LogP contribution >= 0.6 is 11.6 Å². The zero-order valence-corrected chi connectivity index (χ0v) is 14.8. The van der Waals surface area contributed by atoms with Crippen molar-refractivity contribution in [1.82, 2.24) is 14.6 Å². The summed E-state index contributed by atoms with van der Waals surface area (Å²) < 4.78 is 32.6. The molecule has 130 valence electrons. The summed E-state index contributed by atoms with van der Waals surface area (Å²) in [5, 5.41) is 3.30. The van der Waals surface area contributed by atoms with E-state index in [-0.39, 0.29) is 29.6 Å². The average molecular weight is 372 g/mol. The van der Waals surface area contributed by atoms with E-state index in [4.69, 9.17) is 16.3 Å². The van der Waals surface area contributed by atoms with Crippen molar-refractivity contribution in [1.29, 1.82) is 0 Å². The molecule has 0 fully saturated rings. The quantitative estimate of drug-likeness (QED) is 0.720. The Morgan fingerprint density at radius 2 is 1.96 bits per heavy atom. The van der Waals surface area contributed by atoms with Gasteiger partial charge in [0.05, 0.1) is 6.54 Å². The van der Waals surface area contributed by atoms with E-state index in [1.54, 1.807) is 31.3 Å². The predicted molar refractivity (Wildman–Crippen MR) is 90.9 cm³/mol. The van der Waals surface area contributed by atoms with Gasteiger partial charge in [0.2, 0.25) is 10.0 Å². The second-order valence-electron chi connectivity index (χ2n) is 4.94. The van der Waals surface area contributed by atoms with E-state index in [0.717, 1.165) is 0 Å². The Morgan fingerprint density at radius 3 is 2.58 bits per heavy atom. The molecule has 1 heterocycles. The molecule has 1 aromatic heterocycles. The molecule has 2 aromatic rings. The van der Waals surface area contributed by atoms with Crippen molar-refractivity contribution in [3.8, 4) is 5.75 Å². The number of aryl methyl sites for hydroxylation is 1. The molecule has 1 amide bonds. The van der Waals surface area contributed by atoms with E-state index in [0.29, 0.717) is 10.8 Å². The Kier molecular flexibility index (Phi) is 5.87. The van der Waals surface area contributed by atoms with Crippen LogP contribution in [0.5, 0.6) is 5.75 Å². The summed E-state index contributed by atoms with van der Waals surface area (Å²) in [7, 11) is -0.664. The summed E-state index contributed by atoms with van der Waals surface area (Å²) in [5.74, 6) is 0.268. The Bertz CT molecular complexity index is 816. The van der Waals surface area contributed by atoms with Crippen molar-refractivity contribution >= 4 is 27.5 Å². The maximum absolute atomic E-state index is 12.1. The van der Waals surface area contributed by atoms with Gasteiger partial charge in [-0.1, -0.05) is 11.6 Å². The first kappa shape index (κ1) is 18.3. The highest BCUT2D eigenvalue weighted by Gasteiger charge is 2.18. The number of halogens is 1. The van der Waals surface area contributed by atoms with Crippen molar-refractivity contribution < 1.29 is 17.9 Å². The second-order valence-corrected chi connectivity index (χ2v) is 7.26. The predicted octanol–water partition coefficient (Wildman–Crippen LogP) is 1.40. The summed E-state index contributed by atoms with van der Waals surface area (Å²) in [4.78, 5) is 12.2. The zero-order chi connectivity index (χ0) is 17.7. The summed E-state index contributed by atoms with van der Waals surface area (Å²) in [6, 6.07) is 8.21. The van der Waals surface area contributed by atoms with Gasteiger partial charge < -0.3 is 14.6 Å². The number of hydrogen-bond acceptors (Lipinski definition) is 4. The molecule has 2 rings (SSSR count). The molecule has 0 atom stereocenters. The number of carbonyl (C=O) groups is 1. The first-order valence-electron chi connectivity index (χ1n) is 7.10. The van der Waals surface area contributed by atoms with Crippen molar-refractivity contribution in [2.24, 2.45) is 7.05 Å². The third kappa shape index (κ3) is 4.50. The number of hydrogen-bond donors (Lipinski definition) is 2. The van der Waals surface area contributed by atoms with Gasteiger partial charge >= 0.3 is 0 Å². The molecule has 9 heteroatoms. The van der Waals surface area contributed by atoms with Crippen LogP contribution in [-0.2, 0) is 17.1 Å². The van der Waals surface area contributed by atoms with Gasteiger partial charge in [-0.15, -0.1) is 0 Å². The number of ether oxygens (including phenoxy) is 1. The van der Waals surface area contributed by atoms with Gasteiger partial charge in [-0.25, -0.2) is 13.1 Å². The highest BCUT2D eigenvalue weighted by molar-refractivity contribution is 7.89. The number of nitrogens with one attached hydrogen (secondary N) is 2. The number of benzene rings is 1. The fraction of sp³-hybridized carbons (Fsp3) is 0.267. The minimum Gasteiger partial charge on any atom is -0.492 e. The van der Waals surface area contributed by atoms with Crippen molar-refractivity contribution in [3.05, 3.63) is 47.2 Å². The van der Waals surface area contributed by atoms with Gasteiger partial charge in [-0.2, -0.15) is 0 Å². The second kappa shape index (κ2) is 7.69. The summed E-state index contributed by atoms with van der Waals surface area (Å²) >= 11 is 5.78. The molecule has 0 saturated heterocycles. The third-order valence-corrected chi connectivity index (χ3v) is 4.89. The maximum Gasteiger partial charge on any atom is 0.268 e. The van der Waals surface area contributed by atoms with E-state index in [9.17, 15) is 13.2 Å². The molecule has 0 unspecified atom stereocenters. The van der Waals surface area contributed by atoms with E-state index >= 15 is 0 Å². The van der Waals surface area contributed by atoms with Gasteiger partial charge in [0.25, 0.3) is 5.91 Å². The largest absolute Gasteiger partial charge is 0.492 e. The molecule has 0 saturated carbocycles. The fourth-order valence-corrected chi connectivity index (χ4v) is 2.90. The monoisotopic (exact) mass is 371 g/mol. The Labute approximate surface area is 145 Å². The van der Waals surface area contributed by atoms with Gasteiger partial charge in [0.15, 0.2) is 0 Å².